The molecule has 1 rings (SSSR count). The van der Waals surface area contributed by atoms with E-state index in [0.29, 0.717) is 5.41 Å². The second-order valence-corrected chi connectivity index (χ2v) is 6.15. The van der Waals surface area contributed by atoms with Crippen molar-refractivity contribution >= 4 is 27.2 Å². The van der Waals surface area contributed by atoms with Gasteiger partial charge in [0, 0.05) is 10.2 Å². The fraction of sp³-hybridized carbons (Fsp3) is 1.00. The van der Waals surface area contributed by atoms with Crippen LogP contribution in [-0.2, 0) is 0 Å². The van der Waals surface area contributed by atoms with E-state index in [4.69, 9.17) is 0 Å². The van der Waals surface area contributed by atoms with Crippen LogP contribution in [0.5, 0.6) is 0 Å². The molecule has 0 radical (unpaired) electrons. The average Bonchev–Trinajstić information content (AvgIpc) is 1.63. The average molecular weight is 195 g/mol. The maximum atomic E-state index is 2.39. The largest absolute Gasteiger partial charge is 0.114 e. The highest BCUT2D eigenvalue weighted by Crippen LogP contribution is 2.67. The first-order valence-electron chi connectivity index (χ1n) is 2.96. The highest BCUT2D eigenvalue weighted by Gasteiger charge is 2.52. The lowest BCUT2D eigenvalue weighted by atomic mass is 10.1. The lowest BCUT2D eigenvalue weighted by Crippen LogP contribution is -1.93. The van der Waals surface area contributed by atoms with Crippen LogP contribution < -0.4 is 0 Å². The Morgan fingerprint density at radius 2 is 1.38 bits per heavy atom. The molecule has 0 heterocycles. The van der Waals surface area contributed by atoms with Gasteiger partial charge in [0.15, 0.2) is 0 Å². The summed E-state index contributed by atoms with van der Waals surface area (Å²) >= 11 is 0. The van der Waals surface area contributed by atoms with Crippen LogP contribution in [0.1, 0.15) is 27.2 Å². The van der Waals surface area contributed by atoms with Crippen molar-refractivity contribution in [3.05, 3.63) is 0 Å². The quantitative estimate of drug-likeness (QED) is 0.514. The van der Waals surface area contributed by atoms with E-state index in [1.807, 2.05) is 0 Å². The minimum atomic E-state index is 0. The van der Waals surface area contributed by atoms with Crippen LogP contribution in [0.25, 0.3) is 0 Å². The van der Waals surface area contributed by atoms with Gasteiger partial charge >= 0.3 is 0 Å². The zero-order chi connectivity index (χ0) is 5.71. The van der Waals surface area contributed by atoms with Crippen molar-refractivity contribution in [3.8, 4) is 0 Å². The molecule has 0 nitrogen and oxygen atoms in total. The molecule has 0 N–H and O–H groups in total. The van der Waals surface area contributed by atoms with Gasteiger partial charge in [0.2, 0.25) is 0 Å². The Kier molecular flexibility index (Phi) is 2.00. The molecule has 2 heteroatoms. The first-order chi connectivity index (χ1) is 2.96. The molecule has 1 aliphatic rings. The Balaban J connectivity index is 0.000000490. The van der Waals surface area contributed by atoms with E-state index in [0.717, 1.165) is 5.04 Å². The standard InChI is InChI=1S/C6H14Si.BrH/c1-5(2)4-6(5,3)7;/h4H2,1-3,7H3;1H. The number of halogens is 1. The summed E-state index contributed by atoms with van der Waals surface area (Å²) in [6, 6.07) is 0. The van der Waals surface area contributed by atoms with E-state index in [2.05, 4.69) is 20.8 Å². The Morgan fingerprint density at radius 3 is 1.38 bits per heavy atom. The number of hydrogen-bond donors (Lipinski definition) is 0. The molecule has 1 aliphatic carbocycles. The SMILES string of the molecule is Br.CC1(C)CC1(C)[SiH3]. The van der Waals surface area contributed by atoms with E-state index in [1.54, 1.807) is 0 Å². The second-order valence-electron chi connectivity index (χ2n) is 3.94. The Morgan fingerprint density at radius 1 is 1.25 bits per heavy atom. The molecule has 50 valence electrons. The van der Waals surface area contributed by atoms with Crippen LogP contribution in [0.3, 0.4) is 0 Å². The maximum absolute atomic E-state index is 2.39. The molecule has 0 spiro atoms. The van der Waals surface area contributed by atoms with Crippen LogP contribution in [0.15, 0.2) is 0 Å². The van der Waals surface area contributed by atoms with Gasteiger partial charge in [-0.2, -0.15) is 0 Å². The summed E-state index contributed by atoms with van der Waals surface area (Å²) in [7, 11) is 1.38. The van der Waals surface area contributed by atoms with Crippen molar-refractivity contribution in [3.63, 3.8) is 0 Å². The minimum Gasteiger partial charge on any atom is -0.114 e. The molecule has 0 aromatic rings. The van der Waals surface area contributed by atoms with Gasteiger partial charge in [-0.1, -0.05) is 20.8 Å². The summed E-state index contributed by atoms with van der Waals surface area (Å²) in [5.41, 5.74) is 0.708. The van der Waals surface area contributed by atoms with E-state index in [1.165, 1.54) is 16.7 Å². The molecule has 0 amide bonds. The fourth-order valence-electron chi connectivity index (χ4n) is 1.06. The Bertz CT molecular complexity index is 84.7. The molecule has 1 unspecified atom stereocenters. The minimum absolute atomic E-state index is 0. The van der Waals surface area contributed by atoms with Crippen LogP contribution >= 0.6 is 17.0 Å². The van der Waals surface area contributed by atoms with Crippen LogP contribution in [0, 0.1) is 5.41 Å². The normalized spacial score (nSPS) is 40.9. The molecule has 0 aliphatic heterocycles. The van der Waals surface area contributed by atoms with E-state index < -0.39 is 0 Å². The van der Waals surface area contributed by atoms with E-state index in [9.17, 15) is 0 Å². The van der Waals surface area contributed by atoms with Gasteiger partial charge in [-0.25, -0.2) is 0 Å². The summed E-state index contributed by atoms with van der Waals surface area (Å²) in [5, 5.41) is 0.785. The molecule has 0 saturated heterocycles. The molecule has 0 bridgehead atoms. The lowest BCUT2D eigenvalue weighted by molar-refractivity contribution is 0.597. The monoisotopic (exact) mass is 194 g/mol. The van der Waals surface area contributed by atoms with Crippen molar-refractivity contribution in [2.45, 2.75) is 32.2 Å². The summed E-state index contributed by atoms with van der Waals surface area (Å²) in [6.45, 7) is 7.11. The van der Waals surface area contributed by atoms with Gasteiger partial charge in [0.25, 0.3) is 0 Å². The second kappa shape index (κ2) is 1.84. The third-order valence-corrected chi connectivity index (χ3v) is 4.30. The molecule has 1 saturated carbocycles. The van der Waals surface area contributed by atoms with Gasteiger partial charge in [-0.15, -0.1) is 17.0 Å². The summed E-state index contributed by atoms with van der Waals surface area (Å²) in [6.07, 6.45) is 1.46. The molecular weight excluding hydrogens is 180 g/mol. The summed E-state index contributed by atoms with van der Waals surface area (Å²) < 4.78 is 0. The highest BCUT2D eigenvalue weighted by molar-refractivity contribution is 8.93. The van der Waals surface area contributed by atoms with Crippen LogP contribution in [0.4, 0.5) is 0 Å². The van der Waals surface area contributed by atoms with Crippen molar-refractivity contribution < 1.29 is 0 Å². The van der Waals surface area contributed by atoms with Crippen molar-refractivity contribution in [2.24, 2.45) is 5.41 Å². The third kappa shape index (κ3) is 1.16. The predicted octanol–water partition coefficient (Wildman–Crippen LogP) is 1.54. The zero-order valence-electron chi connectivity index (χ0n) is 6.12. The molecule has 0 aromatic heterocycles. The van der Waals surface area contributed by atoms with Crippen molar-refractivity contribution in [1.29, 1.82) is 0 Å². The first-order valence-corrected chi connectivity index (χ1v) is 3.96. The maximum Gasteiger partial charge on any atom is 0.0110 e. The zero-order valence-corrected chi connectivity index (χ0v) is 9.83. The summed E-state index contributed by atoms with van der Waals surface area (Å²) in [5.74, 6) is 0. The fourth-order valence-corrected chi connectivity index (χ4v) is 1.94. The van der Waals surface area contributed by atoms with Gasteiger partial charge in [0.1, 0.15) is 0 Å². The van der Waals surface area contributed by atoms with E-state index >= 15 is 0 Å². The first kappa shape index (κ1) is 8.70. The predicted molar refractivity (Wildman–Crippen MR) is 47.0 cm³/mol. The molecule has 1 atom stereocenters. The highest BCUT2D eigenvalue weighted by atomic mass is 79.9. The number of hydrogen-bond acceptors (Lipinski definition) is 0. The van der Waals surface area contributed by atoms with Crippen molar-refractivity contribution in [2.75, 3.05) is 0 Å². The lowest BCUT2D eigenvalue weighted by Gasteiger charge is -2.04. The molecule has 0 aromatic carbocycles. The smallest absolute Gasteiger partial charge is 0.0110 e. The topological polar surface area (TPSA) is 0 Å². The van der Waals surface area contributed by atoms with Crippen LogP contribution in [-0.4, -0.2) is 10.2 Å². The van der Waals surface area contributed by atoms with Gasteiger partial charge in [-0.3, -0.25) is 0 Å². The molecular formula is C6H15BrSi. The van der Waals surface area contributed by atoms with Gasteiger partial charge in [0.05, 0.1) is 0 Å². The van der Waals surface area contributed by atoms with Gasteiger partial charge in [-0.05, 0) is 16.9 Å². The number of rotatable bonds is 0. The van der Waals surface area contributed by atoms with Crippen LogP contribution in [0.2, 0.25) is 5.04 Å². The molecule has 8 heavy (non-hydrogen) atoms. The van der Waals surface area contributed by atoms with E-state index in [-0.39, 0.29) is 17.0 Å². The van der Waals surface area contributed by atoms with Crippen molar-refractivity contribution in [1.82, 2.24) is 0 Å². The Hall–Kier alpha value is 0.697. The molecule has 1 fully saturated rings. The summed E-state index contributed by atoms with van der Waals surface area (Å²) in [4.78, 5) is 0. The third-order valence-electron chi connectivity index (χ3n) is 2.59. The van der Waals surface area contributed by atoms with Gasteiger partial charge < -0.3 is 0 Å². The Labute approximate surface area is 65.2 Å².